The van der Waals surface area contributed by atoms with E-state index in [9.17, 15) is 14.0 Å². The molecule has 0 radical (unpaired) electrons. The van der Waals surface area contributed by atoms with Gasteiger partial charge in [0.2, 0.25) is 0 Å². The lowest BCUT2D eigenvalue weighted by Crippen LogP contribution is -2.19. The smallest absolute Gasteiger partial charge is 0.376 e. The number of esters is 1. The van der Waals surface area contributed by atoms with Gasteiger partial charge in [0.25, 0.3) is 0 Å². The third-order valence-corrected chi connectivity index (χ3v) is 2.21. The number of ether oxygens (including phenoxy) is 1. The molecule has 1 amide bonds. The summed E-state index contributed by atoms with van der Waals surface area (Å²) in [5.74, 6) is -1.28. The lowest BCUT2D eigenvalue weighted by atomic mass is 10.3. The van der Waals surface area contributed by atoms with Gasteiger partial charge in [0.05, 0.1) is 11.6 Å². The largest absolute Gasteiger partial charge is 0.419 e. The van der Waals surface area contributed by atoms with Crippen LogP contribution < -0.4 is 5.32 Å². The molecule has 1 saturated carbocycles. The van der Waals surface area contributed by atoms with Gasteiger partial charge in [-0.25, -0.2) is 9.18 Å². The standard InChI is InChI=1S/C11H10FNO3/c12-8-3-1-2-4-9(8)13-11(15)16-10(14)7-5-6-7/h1-4,7H,5-6H2,(H,13,15). The van der Waals surface area contributed by atoms with Crippen molar-refractivity contribution in [1.29, 1.82) is 0 Å². The molecular formula is C11H10FNO3. The van der Waals surface area contributed by atoms with E-state index in [0.717, 1.165) is 12.8 Å². The molecule has 0 bridgehead atoms. The Kier molecular flexibility index (Phi) is 2.85. The number of anilines is 1. The monoisotopic (exact) mass is 223 g/mol. The number of amides is 1. The molecule has 2 rings (SSSR count). The van der Waals surface area contributed by atoms with E-state index in [1.165, 1.54) is 18.2 Å². The Bertz CT molecular complexity index is 429. The number of carbonyl (C=O) groups excluding carboxylic acids is 2. The van der Waals surface area contributed by atoms with Gasteiger partial charge < -0.3 is 4.74 Å². The second kappa shape index (κ2) is 4.30. The van der Waals surface area contributed by atoms with Gasteiger partial charge in [0, 0.05) is 0 Å². The lowest BCUT2D eigenvalue weighted by Gasteiger charge is -2.05. The van der Waals surface area contributed by atoms with Crippen LogP contribution in [-0.2, 0) is 9.53 Å². The molecule has 1 fully saturated rings. The van der Waals surface area contributed by atoms with Crippen LogP contribution in [0.25, 0.3) is 0 Å². The summed E-state index contributed by atoms with van der Waals surface area (Å²) in [7, 11) is 0. The molecule has 0 aromatic heterocycles. The average Bonchev–Trinajstić information content (AvgIpc) is 3.04. The molecule has 4 nitrogen and oxygen atoms in total. The predicted octanol–water partition coefficient (Wildman–Crippen LogP) is 2.31. The molecule has 5 heteroatoms. The number of hydrogen-bond acceptors (Lipinski definition) is 3. The van der Waals surface area contributed by atoms with Crippen molar-refractivity contribution in [2.24, 2.45) is 5.92 Å². The van der Waals surface area contributed by atoms with E-state index in [1.807, 2.05) is 0 Å². The van der Waals surface area contributed by atoms with Gasteiger partial charge in [-0.05, 0) is 25.0 Å². The Hall–Kier alpha value is -1.91. The third-order valence-electron chi connectivity index (χ3n) is 2.21. The Morgan fingerprint density at radius 1 is 1.31 bits per heavy atom. The molecule has 0 saturated heterocycles. The number of benzene rings is 1. The van der Waals surface area contributed by atoms with Crippen molar-refractivity contribution < 1.29 is 18.7 Å². The molecular weight excluding hydrogens is 213 g/mol. The summed E-state index contributed by atoms with van der Waals surface area (Å²) in [5.41, 5.74) is -0.00361. The van der Waals surface area contributed by atoms with Crippen LogP contribution >= 0.6 is 0 Å². The van der Waals surface area contributed by atoms with Crippen LogP contribution in [0.5, 0.6) is 0 Å². The van der Waals surface area contributed by atoms with Crippen molar-refractivity contribution in [3.63, 3.8) is 0 Å². The second-order valence-corrected chi connectivity index (χ2v) is 3.59. The van der Waals surface area contributed by atoms with E-state index < -0.39 is 17.9 Å². The highest BCUT2D eigenvalue weighted by atomic mass is 19.1. The Morgan fingerprint density at radius 2 is 2.00 bits per heavy atom. The fraction of sp³-hybridized carbons (Fsp3) is 0.273. The van der Waals surface area contributed by atoms with Crippen LogP contribution in [0.3, 0.4) is 0 Å². The highest BCUT2D eigenvalue weighted by molar-refractivity contribution is 5.94. The predicted molar refractivity (Wildman–Crippen MR) is 54.2 cm³/mol. The van der Waals surface area contributed by atoms with Gasteiger partial charge in [-0.15, -0.1) is 0 Å². The molecule has 0 aliphatic heterocycles. The first-order valence-corrected chi connectivity index (χ1v) is 4.94. The molecule has 1 N–H and O–H groups in total. The normalized spacial score (nSPS) is 14.3. The molecule has 0 atom stereocenters. The molecule has 1 aromatic carbocycles. The van der Waals surface area contributed by atoms with Crippen molar-refractivity contribution in [2.75, 3.05) is 5.32 Å². The van der Waals surface area contributed by atoms with Gasteiger partial charge >= 0.3 is 12.1 Å². The van der Waals surface area contributed by atoms with Gasteiger partial charge in [0.15, 0.2) is 0 Å². The van der Waals surface area contributed by atoms with Crippen LogP contribution in [0.2, 0.25) is 0 Å². The van der Waals surface area contributed by atoms with Crippen molar-refractivity contribution in [1.82, 2.24) is 0 Å². The Balaban J connectivity index is 1.91. The molecule has 0 spiro atoms. The number of nitrogens with one attached hydrogen (secondary N) is 1. The molecule has 1 aromatic rings. The first-order chi connectivity index (χ1) is 7.66. The third kappa shape index (κ3) is 2.56. The van der Waals surface area contributed by atoms with E-state index in [1.54, 1.807) is 6.07 Å². The fourth-order valence-electron chi connectivity index (χ4n) is 1.19. The topological polar surface area (TPSA) is 55.4 Å². The SMILES string of the molecule is O=C(Nc1ccccc1F)OC(=O)C1CC1. The number of para-hydroxylation sites is 1. The van der Waals surface area contributed by atoms with Crippen LogP contribution in [0, 0.1) is 11.7 Å². The number of carbonyl (C=O) groups is 2. The van der Waals surface area contributed by atoms with Crippen LogP contribution in [0.15, 0.2) is 24.3 Å². The van der Waals surface area contributed by atoms with Gasteiger partial charge in [-0.3, -0.25) is 10.1 Å². The maximum Gasteiger partial charge on any atom is 0.419 e. The maximum atomic E-state index is 13.1. The van der Waals surface area contributed by atoms with Gasteiger partial charge in [0.1, 0.15) is 5.82 Å². The van der Waals surface area contributed by atoms with Gasteiger partial charge in [-0.1, -0.05) is 12.1 Å². The van der Waals surface area contributed by atoms with E-state index in [4.69, 9.17) is 0 Å². The minimum absolute atomic E-state index is 0.00361. The minimum atomic E-state index is -0.943. The summed E-state index contributed by atoms with van der Waals surface area (Å²) in [4.78, 5) is 22.3. The molecule has 1 aliphatic rings. The van der Waals surface area contributed by atoms with Crippen molar-refractivity contribution in [2.45, 2.75) is 12.8 Å². The average molecular weight is 223 g/mol. The molecule has 1 aliphatic carbocycles. The first-order valence-electron chi connectivity index (χ1n) is 4.94. The number of rotatable bonds is 2. The zero-order valence-electron chi connectivity index (χ0n) is 8.40. The van der Waals surface area contributed by atoms with Crippen LogP contribution in [0.4, 0.5) is 14.9 Å². The minimum Gasteiger partial charge on any atom is -0.376 e. The summed E-state index contributed by atoms with van der Waals surface area (Å²) < 4.78 is 17.6. The second-order valence-electron chi connectivity index (χ2n) is 3.59. The number of hydrogen-bond donors (Lipinski definition) is 1. The van der Waals surface area contributed by atoms with E-state index in [0.29, 0.717) is 0 Å². The van der Waals surface area contributed by atoms with Gasteiger partial charge in [-0.2, -0.15) is 0 Å². The molecule has 84 valence electrons. The van der Waals surface area contributed by atoms with E-state index in [2.05, 4.69) is 10.1 Å². The quantitative estimate of drug-likeness (QED) is 0.618. The summed E-state index contributed by atoms with van der Waals surface area (Å²) in [6.45, 7) is 0. The summed E-state index contributed by atoms with van der Waals surface area (Å²) in [5, 5.41) is 2.17. The zero-order chi connectivity index (χ0) is 11.5. The van der Waals surface area contributed by atoms with Crippen molar-refractivity contribution in [3.8, 4) is 0 Å². The Morgan fingerprint density at radius 3 is 2.62 bits per heavy atom. The maximum absolute atomic E-state index is 13.1. The molecule has 0 unspecified atom stereocenters. The molecule has 16 heavy (non-hydrogen) atoms. The van der Waals surface area contributed by atoms with Crippen LogP contribution in [-0.4, -0.2) is 12.1 Å². The van der Waals surface area contributed by atoms with E-state index in [-0.39, 0.29) is 11.6 Å². The Labute approximate surface area is 91.4 Å². The first kappa shape index (κ1) is 10.6. The molecule has 0 heterocycles. The lowest BCUT2D eigenvalue weighted by molar-refractivity contribution is -0.138. The zero-order valence-corrected chi connectivity index (χ0v) is 8.40. The highest BCUT2D eigenvalue weighted by Gasteiger charge is 2.32. The summed E-state index contributed by atoms with van der Waals surface area (Å²) >= 11 is 0. The van der Waals surface area contributed by atoms with E-state index >= 15 is 0 Å². The van der Waals surface area contributed by atoms with Crippen LogP contribution in [0.1, 0.15) is 12.8 Å². The fourth-order valence-corrected chi connectivity index (χ4v) is 1.19. The number of halogens is 1. The summed E-state index contributed by atoms with van der Waals surface area (Å²) in [6.07, 6.45) is 0.569. The van der Waals surface area contributed by atoms with Crippen molar-refractivity contribution >= 4 is 17.7 Å². The highest BCUT2D eigenvalue weighted by Crippen LogP contribution is 2.30. The van der Waals surface area contributed by atoms with Crippen molar-refractivity contribution in [3.05, 3.63) is 30.1 Å². The summed E-state index contributed by atoms with van der Waals surface area (Å²) in [6, 6.07) is 5.67.